The average molecular weight is 398 g/mol. The highest BCUT2D eigenvalue weighted by molar-refractivity contribution is 5.79. The van der Waals surface area contributed by atoms with Crippen LogP contribution in [0.1, 0.15) is 36.7 Å². The molecule has 1 aliphatic rings. The Morgan fingerprint density at radius 1 is 1.17 bits per heavy atom. The predicted molar refractivity (Wildman–Crippen MR) is 119 cm³/mol. The zero-order valence-electron chi connectivity index (χ0n) is 18.0. The highest BCUT2D eigenvalue weighted by Crippen LogP contribution is 2.16. The van der Waals surface area contributed by atoms with Crippen molar-refractivity contribution in [3.63, 3.8) is 0 Å². The molecule has 0 radical (unpaired) electrons. The van der Waals surface area contributed by atoms with Crippen molar-refractivity contribution in [2.45, 2.75) is 45.4 Å². The molecule has 29 heavy (non-hydrogen) atoms. The maximum absolute atomic E-state index is 5.47. The third-order valence-corrected chi connectivity index (χ3v) is 5.64. The van der Waals surface area contributed by atoms with Gasteiger partial charge < -0.3 is 15.1 Å². The van der Waals surface area contributed by atoms with Gasteiger partial charge in [-0.15, -0.1) is 0 Å². The van der Waals surface area contributed by atoms with Crippen LogP contribution >= 0.6 is 0 Å². The summed E-state index contributed by atoms with van der Waals surface area (Å²) in [6.45, 7) is 7.95. The molecule has 158 valence electrons. The van der Waals surface area contributed by atoms with Gasteiger partial charge in [0.05, 0.1) is 12.8 Å². The summed E-state index contributed by atoms with van der Waals surface area (Å²) >= 11 is 0. The molecule has 1 unspecified atom stereocenters. The van der Waals surface area contributed by atoms with Crippen LogP contribution in [0.15, 0.2) is 52.1 Å². The van der Waals surface area contributed by atoms with Gasteiger partial charge in [-0.25, -0.2) is 0 Å². The number of nitrogens with zero attached hydrogens (tertiary/aromatic N) is 3. The Bertz CT molecular complexity index is 758. The van der Waals surface area contributed by atoms with Gasteiger partial charge in [0.2, 0.25) is 0 Å². The molecule has 0 saturated carbocycles. The number of aliphatic imine (C=N–C) groups is 1. The minimum atomic E-state index is 0.612. The smallest absolute Gasteiger partial charge is 0.191 e. The Hall–Kier alpha value is -2.31. The van der Waals surface area contributed by atoms with Gasteiger partial charge in [0.1, 0.15) is 5.76 Å². The molecule has 1 aromatic carbocycles. The van der Waals surface area contributed by atoms with Crippen LogP contribution in [-0.2, 0) is 19.6 Å². The summed E-state index contributed by atoms with van der Waals surface area (Å²) in [6.07, 6.45) is 4.29. The molecule has 1 aliphatic heterocycles. The van der Waals surface area contributed by atoms with Crippen molar-refractivity contribution in [1.82, 2.24) is 20.4 Å². The molecule has 0 amide bonds. The molecule has 0 aliphatic carbocycles. The molecule has 2 heterocycles. The number of likely N-dealkylation sites (tertiary alicyclic amines) is 1. The van der Waals surface area contributed by atoms with Crippen molar-refractivity contribution < 1.29 is 4.42 Å². The summed E-state index contributed by atoms with van der Waals surface area (Å²) in [4.78, 5) is 9.22. The van der Waals surface area contributed by atoms with Crippen LogP contribution in [0.3, 0.4) is 0 Å². The van der Waals surface area contributed by atoms with Crippen LogP contribution in [-0.4, -0.2) is 55.5 Å². The Labute approximate surface area is 175 Å². The number of hydrogen-bond donors (Lipinski definition) is 2. The van der Waals surface area contributed by atoms with Gasteiger partial charge in [0, 0.05) is 32.7 Å². The summed E-state index contributed by atoms with van der Waals surface area (Å²) in [7, 11) is 3.96. The standard InChI is InChI=1S/C23H35N5O/c1-4-28-13-7-11-21(28)16-26-23(24-2)25-15-19-9-5-6-10-20(19)17-27(3)18-22-12-8-14-29-22/h5-6,8-10,12,14,21H,4,7,11,13,15-18H2,1-3H3,(H2,24,25,26). The largest absolute Gasteiger partial charge is 0.468 e. The second kappa shape index (κ2) is 11.0. The summed E-state index contributed by atoms with van der Waals surface area (Å²) in [6, 6.07) is 13.2. The molecular weight excluding hydrogens is 362 g/mol. The topological polar surface area (TPSA) is 56.0 Å². The lowest BCUT2D eigenvalue weighted by atomic mass is 10.1. The number of rotatable bonds is 9. The summed E-state index contributed by atoms with van der Waals surface area (Å²) in [5.74, 6) is 1.85. The van der Waals surface area contributed by atoms with Crippen LogP contribution in [0.2, 0.25) is 0 Å². The van der Waals surface area contributed by atoms with Gasteiger partial charge in [-0.2, -0.15) is 0 Å². The van der Waals surface area contributed by atoms with Crippen molar-refractivity contribution in [1.29, 1.82) is 0 Å². The van der Waals surface area contributed by atoms with Crippen LogP contribution < -0.4 is 10.6 Å². The van der Waals surface area contributed by atoms with E-state index in [4.69, 9.17) is 4.42 Å². The van der Waals surface area contributed by atoms with Gasteiger partial charge in [-0.3, -0.25) is 14.8 Å². The summed E-state index contributed by atoms with van der Waals surface area (Å²) < 4.78 is 5.47. The first-order valence-corrected chi connectivity index (χ1v) is 10.7. The van der Waals surface area contributed by atoms with Crippen LogP contribution in [0, 0.1) is 0 Å². The normalized spacial score (nSPS) is 17.8. The first-order valence-electron chi connectivity index (χ1n) is 10.7. The lowest BCUT2D eigenvalue weighted by molar-refractivity contribution is 0.267. The number of hydrogen-bond acceptors (Lipinski definition) is 4. The maximum atomic E-state index is 5.47. The fourth-order valence-corrected chi connectivity index (χ4v) is 4.06. The van der Waals surface area contributed by atoms with Crippen molar-refractivity contribution in [2.75, 3.05) is 33.7 Å². The zero-order valence-corrected chi connectivity index (χ0v) is 18.0. The van der Waals surface area contributed by atoms with E-state index in [1.165, 1.54) is 30.5 Å². The first kappa shape index (κ1) is 21.4. The quantitative estimate of drug-likeness (QED) is 0.503. The van der Waals surface area contributed by atoms with Crippen LogP contribution in [0.5, 0.6) is 0 Å². The van der Waals surface area contributed by atoms with Crippen molar-refractivity contribution in [3.05, 3.63) is 59.5 Å². The molecule has 6 nitrogen and oxygen atoms in total. The predicted octanol–water partition coefficient (Wildman–Crippen LogP) is 3.06. The van der Waals surface area contributed by atoms with Gasteiger partial charge in [0.15, 0.2) is 5.96 Å². The molecule has 2 aromatic rings. The van der Waals surface area contributed by atoms with Crippen LogP contribution in [0.4, 0.5) is 0 Å². The lowest BCUT2D eigenvalue weighted by Crippen LogP contribution is -2.44. The summed E-state index contributed by atoms with van der Waals surface area (Å²) in [5, 5.41) is 7.00. The third-order valence-electron chi connectivity index (χ3n) is 5.64. The van der Waals surface area contributed by atoms with E-state index in [1.54, 1.807) is 6.26 Å². The molecule has 0 spiro atoms. The maximum Gasteiger partial charge on any atom is 0.191 e. The number of likely N-dealkylation sites (N-methyl/N-ethyl adjacent to an activating group) is 1. The van der Waals surface area contributed by atoms with E-state index in [-0.39, 0.29) is 0 Å². The number of nitrogens with one attached hydrogen (secondary N) is 2. The highest BCUT2D eigenvalue weighted by atomic mass is 16.3. The third kappa shape index (κ3) is 6.34. The lowest BCUT2D eigenvalue weighted by Gasteiger charge is -2.24. The zero-order chi connectivity index (χ0) is 20.5. The number of guanidine groups is 1. The van der Waals surface area contributed by atoms with E-state index >= 15 is 0 Å². The van der Waals surface area contributed by atoms with Crippen molar-refractivity contribution >= 4 is 5.96 Å². The molecular formula is C23H35N5O. The minimum absolute atomic E-state index is 0.612. The van der Waals surface area contributed by atoms with Gasteiger partial charge in [-0.05, 0) is 56.2 Å². The van der Waals surface area contributed by atoms with E-state index in [0.717, 1.165) is 44.4 Å². The molecule has 1 fully saturated rings. The first-order chi connectivity index (χ1) is 14.2. The number of benzene rings is 1. The van der Waals surface area contributed by atoms with Crippen molar-refractivity contribution in [3.8, 4) is 0 Å². The average Bonchev–Trinajstić information content (AvgIpc) is 3.40. The van der Waals surface area contributed by atoms with E-state index in [0.29, 0.717) is 6.04 Å². The Morgan fingerprint density at radius 3 is 2.72 bits per heavy atom. The SMILES string of the molecule is CCN1CCCC1CNC(=NC)NCc1ccccc1CN(C)Cc1ccco1. The van der Waals surface area contributed by atoms with E-state index in [1.807, 2.05) is 19.2 Å². The second-order valence-electron chi connectivity index (χ2n) is 7.75. The summed E-state index contributed by atoms with van der Waals surface area (Å²) in [5.41, 5.74) is 2.61. The molecule has 6 heteroatoms. The molecule has 1 aromatic heterocycles. The molecule has 2 N–H and O–H groups in total. The molecule has 0 bridgehead atoms. The second-order valence-corrected chi connectivity index (χ2v) is 7.75. The van der Waals surface area contributed by atoms with Crippen molar-refractivity contribution in [2.24, 2.45) is 4.99 Å². The Morgan fingerprint density at radius 2 is 2.00 bits per heavy atom. The van der Waals surface area contributed by atoms with Gasteiger partial charge >= 0.3 is 0 Å². The monoisotopic (exact) mass is 397 g/mol. The Balaban J connectivity index is 1.51. The van der Waals surface area contributed by atoms with Gasteiger partial charge in [-0.1, -0.05) is 31.2 Å². The molecule has 1 saturated heterocycles. The van der Waals surface area contributed by atoms with E-state index in [9.17, 15) is 0 Å². The van der Waals surface area contributed by atoms with E-state index in [2.05, 4.69) is 63.7 Å². The molecule has 1 atom stereocenters. The highest BCUT2D eigenvalue weighted by Gasteiger charge is 2.22. The van der Waals surface area contributed by atoms with E-state index < -0.39 is 0 Å². The fraction of sp³-hybridized carbons (Fsp3) is 0.522. The number of furan rings is 1. The van der Waals surface area contributed by atoms with Crippen LogP contribution in [0.25, 0.3) is 0 Å². The molecule has 3 rings (SSSR count). The fourth-order valence-electron chi connectivity index (χ4n) is 4.06. The Kier molecular flexibility index (Phi) is 8.14. The van der Waals surface area contributed by atoms with Gasteiger partial charge in [0.25, 0.3) is 0 Å². The minimum Gasteiger partial charge on any atom is -0.468 e.